The Morgan fingerprint density at radius 3 is 2.07 bits per heavy atom. The Balaban J connectivity index is 2.92. The lowest BCUT2D eigenvalue weighted by Crippen LogP contribution is -2.06. The molecule has 1 aromatic carbocycles. The Kier molecular flexibility index (Phi) is 4.37. The van der Waals surface area contributed by atoms with Gasteiger partial charge in [0, 0.05) is 16.5 Å². The molecule has 0 heterocycles. The molecule has 1 aromatic rings. The van der Waals surface area contributed by atoms with Crippen molar-refractivity contribution >= 4 is 52.0 Å². The Hall–Kier alpha value is 0.120. The van der Waals surface area contributed by atoms with Crippen LogP contribution in [0, 0.1) is 0 Å². The van der Waals surface area contributed by atoms with Crippen molar-refractivity contribution in [1.29, 1.82) is 0 Å². The molecule has 0 saturated carbocycles. The minimum atomic E-state index is -0.828. The van der Waals surface area contributed by atoms with Gasteiger partial charge in [0.15, 0.2) is 0 Å². The first kappa shape index (κ1) is 13.2. The second-order valence-electron chi connectivity index (χ2n) is 3.51. The van der Waals surface area contributed by atoms with Crippen molar-refractivity contribution in [3.8, 4) is 0 Å². The Morgan fingerprint density at radius 2 is 1.67 bits per heavy atom. The molecule has 0 spiro atoms. The van der Waals surface area contributed by atoms with Crippen molar-refractivity contribution in [2.75, 3.05) is 0 Å². The summed E-state index contributed by atoms with van der Waals surface area (Å²) in [6.07, 6.45) is 0.465. The molecule has 0 fully saturated rings. The van der Waals surface area contributed by atoms with E-state index in [1.165, 1.54) is 0 Å². The van der Waals surface area contributed by atoms with E-state index in [-0.39, 0.29) is 0 Å². The van der Waals surface area contributed by atoms with Gasteiger partial charge in [-0.15, -0.1) is 23.2 Å². The van der Waals surface area contributed by atoms with E-state index in [2.05, 4.69) is 6.58 Å². The van der Waals surface area contributed by atoms with Crippen molar-refractivity contribution in [2.24, 2.45) is 0 Å². The molecule has 0 amide bonds. The third kappa shape index (κ3) is 4.65. The number of hydrogen-bond acceptors (Lipinski definition) is 0. The first-order valence-corrected chi connectivity index (χ1v) is 5.81. The van der Waals surface area contributed by atoms with Gasteiger partial charge in [-0.1, -0.05) is 29.8 Å². The molecule has 82 valence electrons. The monoisotopic (exact) mass is 282 g/mol. The fraction of sp³-hybridized carbons (Fsp3) is 0.273. The zero-order valence-electron chi connectivity index (χ0n) is 8.16. The fourth-order valence-electron chi connectivity index (χ4n) is 1.23. The van der Waals surface area contributed by atoms with Crippen LogP contribution in [0.1, 0.15) is 18.9 Å². The number of benzene rings is 1. The van der Waals surface area contributed by atoms with Crippen molar-refractivity contribution in [3.63, 3.8) is 0 Å². The van der Waals surface area contributed by atoms with E-state index in [1.807, 2.05) is 0 Å². The summed E-state index contributed by atoms with van der Waals surface area (Å²) in [7, 11) is 0. The summed E-state index contributed by atoms with van der Waals surface area (Å²) in [6.45, 7) is 5.62. The molecule has 4 heteroatoms. The second kappa shape index (κ2) is 4.97. The molecule has 0 atom stereocenters. The molecule has 0 nitrogen and oxygen atoms in total. The predicted molar refractivity (Wildman–Crippen MR) is 70.2 cm³/mol. The molecule has 0 radical (unpaired) electrons. The van der Waals surface area contributed by atoms with Crippen LogP contribution in [0.15, 0.2) is 24.8 Å². The fourth-order valence-corrected chi connectivity index (χ4v) is 2.08. The maximum absolute atomic E-state index is 5.90. The molecule has 0 unspecified atom stereocenters. The molecule has 0 aromatic heterocycles. The minimum Gasteiger partial charge on any atom is -0.102 e. The van der Waals surface area contributed by atoms with Crippen LogP contribution in [-0.2, 0) is 0 Å². The molecule has 0 aliphatic carbocycles. The maximum atomic E-state index is 5.90. The van der Waals surface area contributed by atoms with Crippen LogP contribution in [0.3, 0.4) is 0 Å². The maximum Gasteiger partial charge on any atom is 0.119 e. The van der Waals surface area contributed by atoms with Crippen molar-refractivity contribution in [3.05, 3.63) is 40.4 Å². The van der Waals surface area contributed by atoms with Gasteiger partial charge in [-0.3, -0.25) is 0 Å². The average molecular weight is 284 g/mol. The van der Waals surface area contributed by atoms with E-state index in [0.29, 0.717) is 16.5 Å². The van der Waals surface area contributed by atoms with Crippen LogP contribution >= 0.6 is 46.4 Å². The van der Waals surface area contributed by atoms with Gasteiger partial charge in [-0.05, 0) is 36.3 Å². The summed E-state index contributed by atoms with van der Waals surface area (Å²) >= 11 is 23.5. The van der Waals surface area contributed by atoms with Gasteiger partial charge in [0.1, 0.15) is 4.33 Å². The summed E-state index contributed by atoms with van der Waals surface area (Å²) in [5, 5.41) is 1.15. The highest BCUT2D eigenvalue weighted by Crippen LogP contribution is 2.33. The highest BCUT2D eigenvalue weighted by molar-refractivity contribution is 6.48. The summed E-state index contributed by atoms with van der Waals surface area (Å²) in [4.78, 5) is 0. The van der Waals surface area contributed by atoms with E-state index in [0.717, 1.165) is 11.1 Å². The molecular formula is C11H10Cl4. The van der Waals surface area contributed by atoms with Gasteiger partial charge in [-0.2, -0.15) is 0 Å². The number of rotatable bonds is 3. The number of halogens is 4. The van der Waals surface area contributed by atoms with E-state index < -0.39 is 4.33 Å². The molecule has 15 heavy (non-hydrogen) atoms. The normalized spacial score (nSPS) is 11.5. The lowest BCUT2D eigenvalue weighted by atomic mass is 10.0. The summed E-state index contributed by atoms with van der Waals surface area (Å²) in [5.74, 6) is 0. The van der Waals surface area contributed by atoms with Crippen LogP contribution in [0.2, 0.25) is 10.0 Å². The predicted octanol–water partition coefficient (Wildman–Crippen LogP) is 5.59. The summed E-state index contributed by atoms with van der Waals surface area (Å²) in [5.41, 5.74) is 1.67. The first-order chi connectivity index (χ1) is 6.78. The zero-order chi connectivity index (χ0) is 11.6. The Labute approximate surface area is 110 Å². The Bertz CT molecular complexity index is 356. The third-order valence-corrected chi connectivity index (χ3v) is 2.50. The van der Waals surface area contributed by atoms with E-state index in [4.69, 9.17) is 46.4 Å². The van der Waals surface area contributed by atoms with Crippen LogP contribution in [0.4, 0.5) is 0 Å². The van der Waals surface area contributed by atoms with E-state index in [1.54, 1.807) is 25.1 Å². The number of allylic oxidation sites excluding steroid dienone is 1. The molecule has 0 N–H and O–H groups in total. The SMILES string of the molecule is C=C(CC(C)(Cl)Cl)c1cc(Cl)cc(Cl)c1. The minimum absolute atomic E-state index is 0.465. The standard InChI is InChI=1S/C11H10Cl4/c1-7(6-11(2,14)15)8-3-9(12)5-10(13)4-8/h3-5H,1,6H2,2H3. The quantitative estimate of drug-likeness (QED) is 0.634. The van der Waals surface area contributed by atoms with Gasteiger partial charge >= 0.3 is 0 Å². The Morgan fingerprint density at radius 1 is 1.20 bits per heavy atom. The molecule has 1 rings (SSSR count). The molecule has 0 bridgehead atoms. The molecule has 0 aliphatic rings. The van der Waals surface area contributed by atoms with Crippen LogP contribution in [0.5, 0.6) is 0 Å². The van der Waals surface area contributed by atoms with Gasteiger partial charge in [0.2, 0.25) is 0 Å². The lowest BCUT2D eigenvalue weighted by Gasteiger charge is -2.15. The van der Waals surface area contributed by atoms with Gasteiger partial charge in [0.25, 0.3) is 0 Å². The van der Waals surface area contributed by atoms with Crippen LogP contribution < -0.4 is 0 Å². The molecule has 0 aliphatic heterocycles. The molecular weight excluding hydrogens is 274 g/mol. The van der Waals surface area contributed by atoms with E-state index >= 15 is 0 Å². The van der Waals surface area contributed by atoms with Crippen LogP contribution in [0.25, 0.3) is 5.57 Å². The van der Waals surface area contributed by atoms with Crippen LogP contribution in [-0.4, -0.2) is 4.33 Å². The largest absolute Gasteiger partial charge is 0.119 e. The van der Waals surface area contributed by atoms with Crippen molar-refractivity contribution < 1.29 is 0 Å². The third-order valence-electron chi connectivity index (χ3n) is 1.79. The van der Waals surface area contributed by atoms with Gasteiger partial charge < -0.3 is 0 Å². The van der Waals surface area contributed by atoms with Crippen molar-refractivity contribution in [1.82, 2.24) is 0 Å². The average Bonchev–Trinajstić information content (AvgIpc) is 1.98. The van der Waals surface area contributed by atoms with Gasteiger partial charge in [0.05, 0.1) is 0 Å². The first-order valence-electron chi connectivity index (χ1n) is 4.30. The second-order valence-corrected chi connectivity index (χ2v) is 6.24. The highest BCUT2D eigenvalue weighted by Gasteiger charge is 2.18. The zero-order valence-corrected chi connectivity index (χ0v) is 11.2. The van der Waals surface area contributed by atoms with Gasteiger partial charge in [-0.25, -0.2) is 0 Å². The smallest absolute Gasteiger partial charge is 0.102 e. The summed E-state index contributed by atoms with van der Waals surface area (Å²) in [6, 6.07) is 5.24. The van der Waals surface area contributed by atoms with Crippen molar-refractivity contribution in [2.45, 2.75) is 17.7 Å². The lowest BCUT2D eigenvalue weighted by molar-refractivity contribution is 0.898. The number of alkyl halides is 2. The van der Waals surface area contributed by atoms with E-state index in [9.17, 15) is 0 Å². The highest BCUT2D eigenvalue weighted by atomic mass is 35.5. The number of hydrogen-bond donors (Lipinski definition) is 0. The summed E-state index contributed by atoms with van der Waals surface area (Å²) < 4.78 is -0.828. The topological polar surface area (TPSA) is 0 Å². The molecule has 0 saturated heterocycles.